The summed E-state index contributed by atoms with van der Waals surface area (Å²) in [5.41, 5.74) is 0.972. The Morgan fingerprint density at radius 2 is 1.69 bits per heavy atom. The van der Waals surface area contributed by atoms with Crippen molar-refractivity contribution in [1.29, 1.82) is 0 Å². The van der Waals surface area contributed by atoms with Gasteiger partial charge >= 0.3 is 6.36 Å². The van der Waals surface area contributed by atoms with Crippen LogP contribution in [-0.4, -0.2) is 19.6 Å². The van der Waals surface area contributed by atoms with Crippen molar-refractivity contribution in [2.45, 2.75) is 38.3 Å². The van der Waals surface area contributed by atoms with Crippen LogP contribution in [0.1, 0.15) is 41.6 Å². The van der Waals surface area contributed by atoms with Crippen LogP contribution < -0.4 is 4.74 Å². The van der Waals surface area contributed by atoms with Crippen molar-refractivity contribution in [3.63, 3.8) is 0 Å². The highest BCUT2D eigenvalue weighted by Crippen LogP contribution is 2.40. The number of hydrogen-bond donors (Lipinski definition) is 0. The quantitative estimate of drug-likeness (QED) is 0.371. The molecule has 0 spiro atoms. The highest BCUT2D eigenvalue weighted by molar-refractivity contribution is 7.19. The fraction of sp³-hybridized carbons (Fsp3) is 0.364. The van der Waals surface area contributed by atoms with Gasteiger partial charge in [-0.1, -0.05) is 25.5 Å². The molecule has 1 fully saturated rings. The smallest absolute Gasteiger partial charge is 0.399 e. The molecule has 1 aromatic heterocycles. The molecule has 0 atom stereocenters. The van der Waals surface area contributed by atoms with Gasteiger partial charge in [0.25, 0.3) is 0 Å². The third-order valence-corrected chi connectivity index (χ3v) is 6.33. The van der Waals surface area contributed by atoms with E-state index in [4.69, 9.17) is 9.47 Å². The summed E-state index contributed by atoms with van der Waals surface area (Å²) in [5, 5.41) is 0.511. The van der Waals surface area contributed by atoms with Crippen LogP contribution in [0.25, 0.3) is 10.1 Å². The van der Waals surface area contributed by atoms with Crippen LogP contribution >= 0.6 is 11.3 Å². The predicted octanol–water partition coefficient (Wildman–Crippen LogP) is 7.00. The Morgan fingerprint density at radius 3 is 2.28 bits per heavy atom. The van der Waals surface area contributed by atoms with Crippen LogP contribution in [0.15, 0.2) is 30.3 Å². The number of fused-ring (bicyclic) bond motifs is 1. The van der Waals surface area contributed by atoms with Crippen LogP contribution in [0, 0.1) is 17.5 Å². The highest BCUT2D eigenvalue weighted by Gasteiger charge is 2.35. The number of rotatable bonds is 5. The first-order chi connectivity index (χ1) is 15.2. The van der Waals surface area contributed by atoms with Crippen molar-refractivity contribution >= 4 is 21.4 Å². The van der Waals surface area contributed by atoms with E-state index >= 15 is 0 Å². The molecule has 3 nitrogen and oxygen atoms in total. The minimum absolute atomic E-state index is 0.0142. The van der Waals surface area contributed by atoms with Crippen molar-refractivity contribution in [1.82, 2.24) is 0 Å². The molecule has 0 aliphatic carbocycles. The van der Waals surface area contributed by atoms with E-state index in [9.17, 15) is 26.3 Å². The normalized spacial score (nSPS) is 19.5. The highest BCUT2D eigenvalue weighted by atomic mass is 32.1. The van der Waals surface area contributed by atoms with E-state index in [0.717, 1.165) is 23.1 Å². The van der Waals surface area contributed by atoms with Crippen molar-refractivity contribution < 1.29 is 40.6 Å². The molecule has 0 radical (unpaired) electrons. The van der Waals surface area contributed by atoms with Crippen LogP contribution in [0.4, 0.5) is 26.3 Å². The van der Waals surface area contributed by atoms with E-state index in [2.05, 4.69) is 11.7 Å². The Hall–Kier alpha value is -2.30. The number of thiophene rings is 1. The van der Waals surface area contributed by atoms with Crippen LogP contribution in [0.3, 0.4) is 0 Å². The van der Waals surface area contributed by atoms with Gasteiger partial charge in [0, 0.05) is 26.4 Å². The van der Waals surface area contributed by atoms with E-state index in [-0.39, 0.29) is 24.6 Å². The zero-order valence-corrected chi connectivity index (χ0v) is 17.6. The van der Waals surface area contributed by atoms with Crippen LogP contribution in [-0.2, 0) is 15.9 Å². The monoisotopic (exact) mass is 476 g/mol. The van der Waals surface area contributed by atoms with Crippen molar-refractivity contribution in [2.24, 2.45) is 0 Å². The fourth-order valence-corrected chi connectivity index (χ4v) is 4.83. The van der Waals surface area contributed by atoms with Gasteiger partial charge in [-0.25, -0.2) is 13.2 Å². The lowest BCUT2D eigenvalue weighted by Gasteiger charge is -2.29. The molecule has 4 rings (SSSR count). The Kier molecular flexibility index (Phi) is 6.37. The van der Waals surface area contributed by atoms with Gasteiger partial charge in [0.05, 0.1) is 13.2 Å². The summed E-state index contributed by atoms with van der Waals surface area (Å²) in [6.07, 6.45) is -4.58. The maximum atomic E-state index is 14.9. The number of hydrogen-bond acceptors (Lipinski definition) is 4. The number of aryl methyl sites for hydroxylation is 1. The van der Waals surface area contributed by atoms with Crippen molar-refractivity contribution in [3.8, 4) is 5.75 Å². The molecule has 0 amide bonds. The summed E-state index contributed by atoms with van der Waals surface area (Å²) in [5.74, 6) is -5.41. The first-order valence-corrected chi connectivity index (χ1v) is 10.7. The summed E-state index contributed by atoms with van der Waals surface area (Å²) in [4.78, 5) is 0.457. The molecule has 1 aliphatic heterocycles. The Balaban J connectivity index is 1.49. The largest absolute Gasteiger partial charge is 0.573 e. The Morgan fingerprint density at radius 1 is 1.03 bits per heavy atom. The summed E-state index contributed by atoms with van der Waals surface area (Å²) in [6.45, 7) is 2.09. The second kappa shape index (κ2) is 8.92. The molecule has 0 bridgehead atoms. The van der Waals surface area contributed by atoms with E-state index in [1.807, 2.05) is 12.1 Å². The molecular weight excluding hydrogens is 458 g/mol. The van der Waals surface area contributed by atoms with Gasteiger partial charge in [0.2, 0.25) is 5.75 Å². The molecule has 1 aliphatic rings. The van der Waals surface area contributed by atoms with E-state index in [1.54, 1.807) is 6.07 Å². The number of alkyl halides is 3. The summed E-state index contributed by atoms with van der Waals surface area (Å²) >= 11 is 1.30. The summed E-state index contributed by atoms with van der Waals surface area (Å²) in [7, 11) is 0. The number of benzene rings is 2. The standard InChI is InChI=1S/C22H18F6O3S/c1-2-3-11-4-5-14-17(6-11)32-20(18(14)25)13-9-29-21(30-10-13)12-7-15(23)19(16(24)8-12)31-22(26,27)28/h4-8,13,21H,2-3,9-10H2,1H3. The SMILES string of the molecule is CCCc1ccc2c(F)c(C3COC(c4cc(F)c(OC(F)(F)F)c(F)c4)OC3)sc2c1. The maximum absolute atomic E-state index is 14.9. The minimum Gasteiger partial charge on any atom is -0.399 e. The predicted molar refractivity (Wildman–Crippen MR) is 106 cm³/mol. The van der Waals surface area contributed by atoms with E-state index < -0.39 is 36.0 Å². The first-order valence-electron chi connectivity index (χ1n) is 9.85. The molecule has 0 unspecified atom stereocenters. The molecule has 10 heteroatoms. The second-order valence-electron chi connectivity index (χ2n) is 7.42. The molecule has 2 heterocycles. The zero-order chi connectivity index (χ0) is 23.0. The molecule has 2 aromatic carbocycles. The van der Waals surface area contributed by atoms with E-state index in [0.29, 0.717) is 22.4 Å². The number of halogens is 6. The zero-order valence-electron chi connectivity index (χ0n) is 16.8. The van der Waals surface area contributed by atoms with Gasteiger partial charge in [-0.05, 0) is 30.2 Å². The average Bonchev–Trinajstić information content (AvgIpc) is 3.06. The Bertz CT molecular complexity index is 1100. The third-order valence-electron chi connectivity index (χ3n) is 5.04. The third kappa shape index (κ3) is 4.72. The lowest BCUT2D eigenvalue weighted by molar-refractivity contribution is -0.276. The van der Waals surface area contributed by atoms with Gasteiger partial charge in [-0.2, -0.15) is 0 Å². The summed E-state index contributed by atoms with van der Waals surface area (Å²) < 4.78 is 95.0. The van der Waals surface area contributed by atoms with Gasteiger partial charge in [-0.3, -0.25) is 0 Å². The second-order valence-corrected chi connectivity index (χ2v) is 8.50. The van der Waals surface area contributed by atoms with Gasteiger partial charge in [0.15, 0.2) is 17.9 Å². The lowest BCUT2D eigenvalue weighted by Crippen LogP contribution is -2.26. The topological polar surface area (TPSA) is 27.7 Å². The molecule has 3 aromatic rings. The van der Waals surface area contributed by atoms with Crippen LogP contribution in [0.5, 0.6) is 5.75 Å². The maximum Gasteiger partial charge on any atom is 0.573 e. The lowest BCUT2D eigenvalue weighted by atomic mass is 10.1. The molecule has 172 valence electrons. The van der Waals surface area contributed by atoms with Crippen molar-refractivity contribution in [2.75, 3.05) is 13.2 Å². The minimum atomic E-state index is -5.24. The molecule has 32 heavy (non-hydrogen) atoms. The fourth-order valence-electron chi connectivity index (χ4n) is 3.61. The van der Waals surface area contributed by atoms with Gasteiger partial charge < -0.3 is 14.2 Å². The number of ether oxygens (including phenoxy) is 3. The van der Waals surface area contributed by atoms with Gasteiger partial charge in [0.1, 0.15) is 5.82 Å². The Labute approximate surface area is 183 Å². The molecule has 0 saturated carbocycles. The molecule has 0 N–H and O–H groups in total. The van der Waals surface area contributed by atoms with Crippen molar-refractivity contribution in [3.05, 3.63) is 63.8 Å². The molecular formula is C22H18F6O3S. The van der Waals surface area contributed by atoms with E-state index in [1.165, 1.54) is 11.3 Å². The first kappa shape index (κ1) is 22.9. The van der Waals surface area contributed by atoms with Crippen LogP contribution in [0.2, 0.25) is 0 Å². The van der Waals surface area contributed by atoms with Gasteiger partial charge in [-0.15, -0.1) is 24.5 Å². The average molecular weight is 476 g/mol. The summed E-state index contributed by atoms with van der Waals surface area (Å²) in [6, 6.07) is 6.91. The molecule has 1 saturated heterocycles.